The molecule has 2 N–H and O–H groups in total. The first kappa shape index (κ1) is 22.1. The fourth-order valence-electron chi connectivity index (χ4n) is 4.79. The highest BCUT2D eigenvalue weighted by atomic mass is 16.3. The zero-order chi connectivity index (χ0) is 22.3. The summed E-state index contributed by atoms with van der Waals surface area (Å²) in [5.74, 6) is 0.541. The van der Waals surface area contributed by atoms with Crippen molar-refractivity contribution in [1.29, 1.82) is 0 Å². The minimum Gasteiger partial charge on any atom is -0.467 e. The molecule has 0 unspecified atom stereocenters. The molecule has 1 aromatic carbocycles. The van der Waals surface area contributed by atoms with E-state index in [1.54, 1.807) is 42.7 Å². The first-order valence-electron chi connectivity index (χ1n) is 11.6. The number of amides is 3. The molecule has 2 aliphatic rings. The molecule has 1 saturated carbocycles. The molecular weight excluding hydrogens is 406 g/mol. The van der Waals surface area contributed by atoms with Crippen molar-refractivity contribution in [2.75, 3.05) is 13.1 Å². The summed E-state index contributed by atoms with van der Waals surface area (Å²) in [7, 11) is 0. The van der Waals surface area contributed by atoms with Crippen LogP contribution in [0.5, 0.6) is 0 Å². The Morgan fingerprint density at radius 2 is 1.69 bits per heavy atom. The molecule has 4 rings (SSSR count). The molecule has 0 spiro atoms. The Bertz CT molecular complexity index is 899. The molecule has 1 atom stereocenters. The number of hydrogen-bond acceptors (Lipinski definition) is 4. The van der Waals surface area contributed by atoms with Crippen LogP contribution >= 0.6 is 0 Å². The summed E-state index contributed by atoms with van der Waals surface area (Å²) < 4.78 is 5.30. The Morgan fingerprint density at radius 1 is 0.969 bits per heavy atom. The quantitative estimate of drug-likeness (QED) is 0.696. The van der Waals surface area contributed by atoms with Gasteiger partial charge in [-0.3, -0.25) is 14.4 Å². The number of nitrogens with zero attached hydrogens (tertiary/aromatic N) is 1. The predicted molar refractivity (Wildman–Crippen MR) is 120 cm³/mol. The van der Waals surface area contributed by atoms with Crippen molar-refractivity contribution < 1.29 is 18.8 Å². The van der Waals surface area contributed by atoms with Crippen molar-refractivity contribution >= 4 is 17.7 Å². The Balaban J connectivity index is 1.40. The summed E-state index contributed by atoms with van der Waals surface area (Å²) in [5, 5.41) is 5.84. The lowest BCUT2D eigenvalue weighted by Crippen LogP contribution is -2.54. The van der Waals surface area contributed by atoms with Crippen molar-refractivity contribution in [2.24, 2.45) is 11.8 Å². The molecule has 1 aliphatic heterocycles. The molecule has 1 aromatic heterocycles. The molecule has 0 bridgehead atoms. The summed E-state index contributed by atoms with van der Waals surface area (Å²) in [5.41, 5.74) is 0.519. The summed E-state index contributed by atoms with van der Waals surface area (Å²) in [6, 6.07) is 11.8. The monoisotopic (exact) mass is 437 g/mol. The fourth-order valence-corrected chi connectivity index (χ4v) is 4.79. The Morgan fingerprint density at radius 3 is 2.34 bits per heavy atom. The molecule has 170 valence electrons. The molecule has 32 heavy (non-hydrogen) atoms. The number of nitrogens with one attached hydrogen (secondary N) is 2. The standard InChI is InChI=1S/C25H31N3O4/c29-23(19-7-2-1-3-8-19)27-22(24(30)26-17-21-11-6-16-32-21)18-12-14-28(15-13-18)25(31)20-9-4-5-10-20/h1-3,6-8,11,16,18,20,22H,4-5,9-10,12-15,17H2,(H,26,30)(H,27,29)/t22-/m0/s1. The number of carbonyl (C=O) groups is 3. The van der Waals surface area contributed by atoms with E-state index in [1.165, 1.54) is 0 Å². The van der Waals surface area contributed by atoms with Gasteiger partial charge in [0.25, 0.3) is 5.91 Å². The average Bonchev–Trinajstić information content (AvgIpc) is 3.56. The Labute approximate surface area is 188 Å². The summed E-state index contributed by atoms with van der Waals surface area (Å²) in [4.78, 5) is 40.6. The number of piperidine rings is 1. The molecule has 7 heteroatoms. The lowest BCUT2D eigenvalue weighted by molar-refractivity contribution is -0.137. The minimum absolute atomic E-state index is 0.0353. The lowest BCUT2D eigenvalue weighted by atomic mass is 9.87. The van der Waals surface area contributed by atoms with Gasteiger partial charge in [-0.1, -0.05) is 31.0 Å². The molecule has 2 heterocycles. The van der Waals surface area contributed by atoms with Crippen LogP contribution in [0.15, 0.2) is 53.1 Å². The normalized spacial score (nSPS) is 18.3. The average molecular weight is 438 g/mol. The zero-order valence-electron chi connectivity index (χ0n) is 18.3. The van der Waals surface area contributed by atoms with Crippen LogP contribution in [0.2, 0.25) is 0 Å². The van der Waals surface area contributed by atoms with E-state index >= 15 is 0 Å². The lowest BCUT2D eigenvalue weighted by Gasteiger charge is -2.36. The van der Waals surface area contributed by atoms with E-state index in [2.05, 4.69) is 10.6 Å². The van der Waals surface area contributed by atoms with E-state index in [1.807, 2.05) is 11.0 Å². The molecule has 1 saturated heterocycles. The van der Waals surface area contributed by atoms with Crippen LogP contribution in [0, 0.1) is 11.8 Å². The molecule has 2 aromatic rings. The maximum absolute atomic E-state index is 13.1. The van der Waals surface area contributed by atoms with Gasteiger partial charge in [0.05, 0.1) is 12.8 Å². The maximum Gasteiger partial charge on any atom is 0.251 e. The topological polar surface area (TPSA) is 91.7 Å². The predicted octanol–water partition coefficient (Wildman–Crippen LogP) is 3.12. The molecule has 7 nitrogen and oxygen atoms in total. The highest BCUT2D eigenvalue weighted by Crippen LogP contribution is 2.29. The van der Waals surface area contributed by atoms with Gasteiger partial charge in [0.1, 0.15) is 11.8 Å². The fraction of sp³-hybridized carbons (Fsp3) is 0.480. The van der Waals surface area contributed by atoms with Crippen molar-refractivity contribution in [3.05, 3.63) is 60.1 Å². The SMILES string of the molecule is O=C(N[C@H](C(=O)NCc1ccco1)C1CCN(C(=O)C2CCCC2)CC1)c1ccccc1. The summed E-state index contributed by atoms with van der Waals surface area (Å²) >= 11 is 0. The van der Waals surface area contributed by atoms with E-state index in [9.17, 15) is 14.4 Å². The van der Waals surface area contributed by atoms with Crippen molar-refractivity contribution in [3.63, 3.8) is 0 Å². The van der Waals surface area contributed by atoms with E-state index in [4.69, 9.17) is 4.42 Å². The molecule has 2 fully saturated rings. The number of likely N-dealkylation sites (tertiary alicyclic amines) is 1. The molecule has 3 amide bonds. The van der Waals surface area contributed by atoms with E-state index in [-0.39, 0.29) is 36.1 Å². The first-order valence-corrected chi connectivity index (χ1v) is 11.6. The first-order chi connectivity index (χ1) is 15.6. The van der Waals surface area contributed by atoms with E-state index < -0.39 is 6.04 Å². The maximum atomic E-state index is 13.1. The van der Waals surface area contributed by atoms with Gasteiger partial charge in [0.15, 0.2) is 0 Å². The van der Waals surface area contributed by atoms with E-state index in [0.717, 1.165) is 25.7 Å². The van der Waals surface area contributed by atoms with Crippen LogP contribution < -0.4 is 10.6 Å². The third-order valence-electron chi connectivity index (χ3n) is 6.65. The van der Waals surface area contributed by atoms with Crippen molar-refractivity contribution in [2.45, 2.75) is 51.1 Å². The number of benzene rings is 1. The van der Waals surface area contributed by atoms with Crippen LogP contribution in [0.3, 0.4) is 0 Å². The third kappa shape index (κ3) is 5.39. The van der Waals surface area contributed by atoms with Gasteiger partial charge in [-0.05, 0) is 55.9 Å². The van der Waals surface area contributed by atoms with Crippen LogP contribution in [-0.4, -0.2) is 41.8 Å². The van der Waals surface area contributed by atoms with Gasteiger partial charge in [-0.25, -0.2) is 0 Å². The van der Waals surface area contributed by atoms with Crippen LogP contribution in [-0.2, 0) is 16.1 Å². The second kappa shape index (κ2) is 10.5. The van der Waals surface area contributed by atoms with Gasteiger partial charge < -0.3 is 20.0 Å². The molecule has 0 radical (unpaired) electrons. The van der Waals surface area contributed by atoms with Crippen LogP contribution in [0.25, 0.3) is 0 Å². The summed E-state index contributed by atoms with van der Waals surface area (Å²) in [6.07, 6.45) is 7.19. The highest BCUT2D eigenvalue weighted by molar-refractivity contribution is 5.97. The van der Waals surface area contributed by atoms with Gasteiger partial charge in [0, 0.05) is 24.6 Å². The highest BCUT2D eigenvalue weighted by Gasteiger charge is 2.35. The van der Waals surface area contributed by atoms with Crippen LogP contribution in [0.4, 0.5) is 0 Å². The van der Waals surface area contributed by atoms with E-state index in [0.29, 0.717) is 37.3 Å². The zero-order valence-corrected chi connectivity index (χ0v) is 18.3. The Hall–Kier alpha value is -3.09. The van der Waals surface area contributed by atoms with Gasteiger partial charge in [0.2, 0.25) is 11.8 Å². The second-order valence-electron chi connectivity index (χ2n) is 8.76. The second-order valence-corrected chi connectivity index (χ2v) is 8.76. The number of furan rings is 1. The number of rotatable bonds is 7. The smallest absolute Gasteiger partial charge is 0.251 e. The Kier molecular flexibility index (Phi) is 7.24. The summed E-state index contributed by atoms with van der Waals surface area (Å²) in [6.45, 7) is 1.52. The third-order valence-corrected chi connectivity index (χ3v) is 6.65. The largest absolute Gasteiger partial charge is 0.467 e. The minimum atomic E-state index is -0.665. The number of hydrogen-bond donors (Lipinski definition) is 2. The molecule has 1 aliphatic carbocycles. The van der Waals surface area contributed by atoms with Crippen molar-refractivity contribution in [3.8, 4) is 0 Å². The van der Waals surface area contributed by atoms with Gasteiger partial charge >= 0.3 is 0 Å². The van der Waals surface area contributed by atoms with Gasteiger partial charge in [-0.2, -0.15) is 0 Å². The number of carbonyl (C=O) groups excluding carboxylic acids is 3. The van der Waals surface area contributed by atoms with Crippen molar-refractivity contribution in [1.82, 2.24) is 15.5 Å². The van der Waals surface area contributed by atoms with Crippen LogP contribution in [0.1, 0.15) is 54.6 Å². The van der Waals surface area contributed by atoms with Gasteiger partial charge in [-0.15, -0.1) is 0 Å². The molecular formula is C25H31N3O4.